The number of amidine groups is 2. The average Bonchev–Trinajstić information content (AvgIpc) is 1.57. The van der Waals surface area contributed by atoms with Gasteiger partial charge in [0.25, 0.3) is 11.8 Å². The summed E-state index contributed by atoms with van der Waals surface area (Å²) in [6.07, 6.45) is 4.22. The molecular formula is C70H88Cl4N10O5S2. The molecule has 4 aromatic carbocycles. The number of carbonyl (C=O) groups is 4. The molecule has 4 saturated heterocycles. The van der Waals surface area contributed by atoms with E-state index in [0.29, 0.717) is 74.3 Å². The zero-order chi connectivity index (χ0) is 65.5. The van der Waals surface area contributed by atoms with E-state index in [9.17, 15) is 24.3 Å². The molecule has 3 amide bonds. The van der Waals surface area contributed by atoms with E-state index in [4.69, 9.17) is 56.4 Å². The summed E-state index contributed by atoms with van der Waals surface area (Å²) in [4.78, 5) is 76.8. The number of hydrogen-bond acceptors (Lipinski definition) is 13. The SMILES string of the molecule is CC[C@@H]1CC[C@@H](C(=O)N2C[C@@H](C)N[C@@H](C)C2)N1C(=O)C1=C(C(C)C)N2C(=N[C@@](C)(c3ccc(Cl)cc3)[C@H]2c2ccc(Cl)cc2)S1.CC[C@@H]1CC[C@@H](C(=O)O)N1C(=O)C1=C(C(C)C)N2C(=N[C@@](C)(c3ccc(Cl)cc3)[C@H]2c2ccc(Cl)cc2)S1.C[C@@H]1CNC[C@H](C)N1. The maximum absolute atomic E-state index is 14.8. The molecule has 4 N–H and O–H groups in total. The van der Waals surface area contributed by atoms with Gasteiger partial charge in [-0.05, 0) is 186 Å². The number of thioether (sulfide) groups is 2. The first-order valence-corrected chi connectivity index (χ1v) is 35.5. The summed E-state index contributed by atoms with van der Waals surface area (Å²) in [5.41, 5.74) is 4.68. The van der Waals surface area contributed by atoms with Gasteiger partial charge < -0.3 is 45.6 Å². The predicted octanol–water partition coefficient (Wildman–Crippen LogP) is 14.3. The van der Waals surface area contributed by atoms with E-state index in [-0.39, 0.29) is 65.8 Å². The van der Waals surface area contributed by atoms with Crippen molar-refractivity contribution < 1.29 is 24.3 Å². The second-order valence-corrected chi connectivity index (χ2v) is 30.3. The van der Waals surface area contributed by atoms with Gasteiger partial charge in [-0.1, -0.05) is 136 Å². The summed E-state index contributed by atoms with van der Waals surface area (Å²) in [6.45, 7) is 28.9. The van der Waals surface area contributed by atoms with Gasteiger partial charge in [-0.3, -0.25) is 14.4 Å². The minimum absolute atomic E-state index is 0.00229. The molecule has 4 fully saturated rings. The highest BCUT2D eigenvalue weighted by molar-refractivity contribution is 8.18. The first-order chi connectivity index (χ1) is 43.3. The molecule has 0 spiro atoms. The number of nitrogens with one attached hydrogen (secondary N) is 3. The molecule has 0 bridgehead atoms. The van der Waals surface area contributed by atoms with E-state index in [0.717, 1.165) is 76.3 Å². The Bertz CT molecular complexity index is 3460. The molecule has 0 radical (unpaired) electrons. The van der Waals surface area contributed by atoms with E-state index < -0.39 is 29.1 Å². The van der Waals surface area contributed by atoms with Crippen LogP contribution in [0.5, 0.6) is 0 Å². The van der Waals surface area contributed by atoms with E-state index in [2.05, 4.69) is 114 Å². The van der Waals surface area contributed by atoms with Crippen LogP contribution < -0.4 is 16.0 Å². The average molecular weight is 1360 g/mol. The Morgan fingerprint density at radius 1 is 0.549 bits per heavy atom. The first kappa shape index (κ1) is 68.8. The molecule has 15 nitrogen and oxygen atoms in total. The zero-order valence-electron chi connectivity index (χ0n) is 54.3. The number of amides is 3. The zero-order valence-corrected chi connectivity index (χ0v) is 58.9. The Balaban J connectivity index is 0.000000180. The third-order valence-corrected chi connectivity index (χ3v) is 22.2. The van der Waals surface area contributed by atoms with Gasteiger partial charge in [-0.25, -0.2) is 14.8 Å². The van der Waals surface area contributed by atoms with Crippen LogP contribution in [0.1, 0.15) is 156 Å². The lowest BCUT2D eigenvalue weighted by atomic mass is 9.81. The smallest absolute Gasteiger partial charge is 0.326 e. The van der Waals surface area contributed by atoms with Crippen LogP contribution in [0.3, 0.4) is 0 Å². The van der Waals surface area contributed by atoms with E-state index in [1.54, 1.807) is 4.90 Å². The van der Waals surface area contributed by atoms with Crippen molar-refractivity contribution in [1.82, 2.24) is 40.4 Å². The standard InChI is InChI=1S/C35H43Cl2N5O2S.C29H31Cl2N3O3S.C6H14N2/c1-7-27-16-17-28(32(43)40-18-21(4)38-22(5)19-40)41(27)33(44)30-29(20(2)3)42-31(23-8-12-25(36)13-9-23)35(6,39-34(42)45-30)24-10-14-26(37)15-11-24;1-5-21-14-15-22(27(36)37)33(21)26(35)24-23(16(2)3)34-25(17-6-10-19(30)11-7-17)29(4,32-28(34)38-24)18-8-12-20(31)13-9-18;1-5-3-7-4-6(2)8-5/h8-15,20-22,27-28,31,38H,7,16-19H2,1-6H3;6-13,16,21-22,25H,5,14-15H2,1-4H3,(H,36,37);5-8H,3-4H2,1-2H3/t21-,22+,27-,28+,31-,35+;21-,22+,25-,29+;5-,6+/m11./s1. The summed E-state index contributed by atoms with van der Waals surface area (Å²) in [6, 6.07) is 31.3. The molecule has 0 saturated carbocycles. The van der Waals surface area contributed by atoms with Crippen molar-refractivity contribution >= 4 is 104 Å². The number of carboxylic acids is 1. The molecule has 21 heteroatoms. The summed E-state index contributed by atoms with van der Waals surface area (Å²) in [7, 11) is 0. The van der Waals surface area contributed by atoms with Gasteiger partial charge in [-0.2, -0.15) is 0 Å². The van der Waals surface area contributed by atoms with Crippen LogP contribution in [0.2, 0.25) is 20.1 Å². The van der Waals surface area contributed by atoms with Gasteiger partial charge in [0.2, 0.25) is 5.91 Å². The van der Waals surface area contributed by atoms with E-state index >= 15 is 0 Å². The molecular weight excluding hydrogens is 1270 g/mol. The fourth-order valence-electron chi connectivity index (χ4n) is 14.9. The van der Waals surface area contributed by atoms with Crippen LogP contribution in [0.25, 0.3) is 0 Å². The highest BCUT2D eigenvalue weighted by Gasteiger charge is 2.57. The third kappa shape index (κ3) is 13.9. The van der Waals surface area contributed by atoms with Gasteiger partial charge in [0, 0.05) is 93.9 Å². The summed E-state index contributed by atoms with van der Waals surface area (Å²) < 4.78 is 0. The van der Waals surface area contributed by atoms with Crippen LogP contribution >= 0.6 is 69.9 Å². The number of likely N-dealkylation sites (tertiary alicyclic amines) is 2. The predicted molar refractivity (Wildman–Crippen MR) is 373 cm³/mol. The monoisotopic (exact) mass is 1350 g/mol. The number of piperazine rings is 2. The van der Waals surface area contributed by atoms with Gasteiger partial charge in [0.15, 0.2) is 10.3 Å². The number of halogens is 4. The highest BCUT2D eigenvalue weighted by Crippen LogP contribution is 2.59. The van der Waals surface area contributed by atoms with Crippen molar-refractivity contribution in [2.75, 3.05) is 26.2 Å². The molecule has 12 rings (SSSR count). The number of carbonyl (C=O) groups excluding carboxylic acids is 3. The second kappa shape index (κ2) is 28.5. The largest absolute Gasteiger partial charge is 0.480 e. The van der Waals surface area contributed by atoms with Crippen LogP contribution in [-0.2, 0) is 30.3 Å². The number of aliphatic carboxylic acids is 1. The quantitative estimate of drug-likeness (QED) is 0.106. The maximum atomic E-state index is 14.8. The topological polar surface area (TPSA) is 166 Å². The van der Waals surface area contributed by atoms with Crippen LogP contribution in [0, 0.1) is 11.8 Å². The Hall–Kier alpha value is -5.08. The molecule has 4 aromatic rings. The number of fused-ring (bicyclic) bond motifs is 2. The van der Waals surface area contributed by atoms with Gasteiger partial charge in [0.05, 0.1) is 12.1 Å². The lowest BCUT2D eigenvalue weighted by molar-refractivity contribution is -0.148. The van der Waals surface area contributed by atoms with Gasteiger partial charge in [-0.15, -0.1) is 0 Å². The van der Waals surface area contributed by atoms with Crippen LogP contribution in [0.15, 0.2) is 128 Å². The molecule has 8 aliphatic heterocycles. The van der Waals surface area contributed by atoms with Crippen molar-refractivity contribution in [3.05, 3.63) is 161 Å². The highest BCUT2D eigenvalue weighted by atomic mass is 35.5. The number of aliphatic imine (C=N–C) groups is 2. The molecule has 91 heavy (non-hydrogen) atoms. The Labute approximate surface area is 566 Å². The lowest BCUT2D eigenvalue weighted by Gasteiger charge is -2.39. The second-order valence-electron chi connectivity index (χ2n) is 26.6. The van der Waals surface area contributed by atoms with Gasteiger partial charge >= 0.3 is 5.97 Å². The number of allylic oxidation sites excluding steroid dienone is 2. The summed E-state index contributed by atoms with van der Waals surface area (Å²) in [5, 5.41) is 24.3. The van der Waals surface area contributed by atoms with Crippen molar-refractivity contribution in [1.29, 1.82) is 0 Å². The number of nitrogens with zero attached hydrogens (tertiary/aromatic N) is 7. The van der Waals surface area contributed by atoms with E-state index in [1.807, 2.05) is 102 Å². The van der Waals surface area contributed by atoms with Gasteiger partial charge in [0.1, 0.15) is 33.0 Å². The number of rotatable bonds is 12. The maximum Gasteiger partial charge on any atom is 0.326 e. The van der Waals surface area contributed by atoms with Crippen LogP contribution in [-0.4, -0.2) is 138 Å². The molecule has 0 aromatic heterocycles. The first-order valence-electron chi connectivity index (χ1n) is 32.3. The minimum Gasteiger partial charge on any atom is -0.480 e. The summed E-state index contributed by atoms with van der Waals surface area (Å²) in [5.74, 6) is -1.10. The van der Waals surface area contributed by atoms with E-state index in [1.165, 1.54) is 23.5 Å². The summed E-state index contributed by atoms with van der Waals surface area (Å²) >= 11 is 27.9. The Morgan fingerprint density at radius 3 is 1.24 bits per heavy atom. The molecule has 8 heterocycles. The van der Waals surface area contributed by atoms with Crippen LogP contribution in [0.4, 0.5) is 0 Å². The Kier molecular flexibility index (Phi) is 21.5. The fourth-order valence-corrected chi connectivity index (χ4v) is 18.1. The number of benzene rings is 4. The minimum atomic E-state index is -0.948. The molecule has 0 aliphatic carbocycles. The van der Waals surface area contributed by atoms with Crippen molar-refractivity contribution in [2.45, 2.75) is 193 Å². The van der Waals surface area contributed by atoms with Crippen molar-refractivity contribution in [3.63, 3.8) is 0 Å². The fraction of sp³-hybridized carbons (Fsp3) is 0.514. The molecule has 12 atom stereocenters. The lowest BCUT2D eigenvalue weighted by Crippen LogP contribution is -2.59. The molecule has 8 aliphatic rings. The third-order valence-electron chi connectivity index (χ3n) is 19.1. The number of hydrogen-bond donors (Lipinski definition) is 4. The normalized spacial score (nSPS) is 29.5. The molecule has 488 valence electrons. The molecule has 0 unspecified atom stereocenters. The van der Waals surface area contributed by atoms with Crippen molar-refractivity contribution in [3.8, 4) is 0 Å². The Morgan fingerprint density at radius 2 is 0.901 bits per heavy atom. The van der Waals surface area contributed by atoms with Crippen molar-refractivity contribution in [2.24, 2.45) is 21.8 Å². The number of carboxylic acid groups (broad SMARTS) is 1.